The van der Waals surface area contributed by atoms with Crippen molar-refractivity contribution >= 4 is 18.4 Å². The van der Waals surface area contributed by atoms with Crippen LogP contribution in [0, 0.1) is 11.2 Å². The molecule has 1 rings (SSSR count). The van der Waals surface area contributed by atoms with Crippen LogP contribution in [-0.2, 0) is 11.2 Å². The summed E-state index contributed by atoms with van der Waals surface area (Å²) >= 11 is 0. The van der Waals surface area contributed by atoms with E-state index in [4.69, 9.17) is 11.1 Å². The number of anilines is 1. The Hall–Kier alpha value is -1.78. The van der Waals surface area contributed by atoms with Gasteiger partial charge in [-0.2, -0.15) is 5.41 Å². The topological polar surface area (TPSA) is 70.8 Å². The standard InChI is InChI=1S/C8H8FN3O/c9-7-4-12(5-10)8(11)3-6(7)1-2-13/h2-5,10-11H,1H2/p+1. The van der Waals surface area contributed by atoms with Crippen LogP contribution in [0.1, 0.15) is 5.56 Å². The number of nitrogens with zero attached hydrogens (tertiary/aromatic N) is 1. The molecule has 0 amide bonds. The summed E-state index contributed by atoms with van der Waals surface area (Å²) in [4.78, 5) is 10.1. The van der Waals surface area contributed by atoms with Crippen molar-refractivity contribution in [1.29, 1.82) is 5.41 Å². The number of carbonyl (C=O) groups excluding carboxylic acids is 1. The predicted molar refractivity (Wildman–Crippen MR) is 45.0 cm³/mol. The lowest BCUT2D eigenvalue weighted by atomic mass is 10.2. The van der Waals surface area contributed by atoms with Crippen LogP contribution < -0.4 is 10.3 Å². The number of pyridine rings is 1. The fourth-order valence-electron chi connectivity index (χ4n) is 0.960. The van der Waals surface area contributed by atoms with Crippen LogP contribution in [0.25, 0.3) is 0 Å². The summed E-state index contributed by atoms with van der Waals surface area (Å²) in [5, 5.41) is 6.88. The van der Waals surface area contributed by atoms with Gasteiger partial charge in [0.25, 0.3) is 0 Å². The number of hydrogen-bond acceptors (Lipinski definition) is 3. The van der Waals surface area contributed by atoms with Gasteiger partial charge in [0, 0.05) is 18.1 Å². The molecule has 0 saturated carbocycles. The number of nitrogens with one attached hydrogen (secondary N) is 1. The first-order chi connectivity index (χ1) is 6.19. The average molecular weight is 182 g/mol. The van der Waals surface area contributed by atoms with E-state index in [1.54, 1.807) is 0 Å². The van der Waals surface area contributed by atoms with Crippen molar-refractivity contribution in [3.63, 3.8) is 0 Å². The number of aromatic nitrogens is 1. The van der Waals surface area contributed by atoms with Gasteiger partial charge < -0.3 is 10.5 Å². The van der Waals surface area contributed by atoms with Crippen molar-refractivity contribution < 1.29 is 13.8 Å². The molecular weight excluding hydrogens is 173 g/mol. The van der Waals surface area contributed by atoms with E-state index in [1.165, 1.54) is 6.07 Å². The van der Waals surface area contributed by atoms with Crippen molar-refractivity contribution in [1.82, 2.24) is 0 Å². The summed E-state index contributed by atoms with van der Waals surface area (Å²) in [6.45, 7) is 0. The molecule has 0 aliphatic heterocycles. The normalized spacial score (nSPS) is 9.62. The molecule has 1 aromatic rings. The van der Waals surface area contributed by atoms with E-state index >= 15 is 0 Å². The van der Waals surface area contributed by atoms with Gasteiger partial charge in [-0.1, -0.05) is 0 Å². The molecule has 0 atom stereocenters. The minimum Gasteiger partial charge on any atom is -0.318 e. The van der Waals surface area contributed by atoms with Gasteiger partial charge in [0.05, 0.1) is 0 Å². The molecular formula is C8H9FN3O+. The van der Waals surface area contributed by atoms with E-state index < -0.39 is 5.82 Å². The van der Waals surface area contributed by atoms with E-state index in [0.717, 1.165) is 17.1 Å². The Balaban J connectivity index is 3.19. The SMILES string of the molecule is N=C[n+]1cc(F)c(CC=O)cc1N. The molecule has 1 heterocycles. The van der Waals surface area contributed by atoms with E-state index in [1.807, 2.05) is 0 Å². The highest BCUT2D eigenvalue weighted by Gasteiger charge is 2.08. The van der Waals surface area contributed by atoms with E-state index in [-0.39, 0.29) is 17.8 Å². The highest BCUT2D eigenvalue weighted by Crippen LogP contribution is 2.06. The van der Waals surface area contributed by atoms with E-state index in [0.29, 0.717) is 6.29 Å². The number of nitrogen functional groups attached to an aromatic ring is 1. The average Bonchev–Trinajstić information content (AvgIpc) is 2.11. The first-order valence-electron chi connectivity index (χ1n) is 3.62. The van der Waals surface area contributed by atoms with Gasteiger partial charge in [-0.25, -0.2) is 8.96 Å². The van der Waals surface area contributed by atoms with Crippen molar-refractivity contribution in [2.75, 3.05) is 5.73 Å². The fourth-order valence-corrected chi connectivity index (χ4v) is 0.960. The molecule has 13 heavy (non-hydrogen) atoms. The van der Waals surface area contributed by atoms with Gasteiger partial charge in [0.2, 0.25) is 12.2 Å². The minimum absolute atomic E-state index is 0.00509. The summed E-state index contributed by atoms with van der Waals surface area (Å²) < 4.78 is 14.2. The maximum Gasteiger partial charge on any atom is 0.223 e. The Morgan fingerprint density at radius 1 is 1.69 bits per heavy atom. The summed E-state index contributed by atoms with van der Waals surface area (Å²) in [5.74, 6) is -0.307. The van der Waals surface area contributed by atoms with Crippen LogP contribution in [0.4, 0.5) is 10.2 Å². The number of rotatable bonds is 3. The second-order valence-corrected chi connectivity index (χ2v) is 2.48. The number of halogens is 1. The van der Waals surface area contributed by atoms with Crippen molar-refractivity contribution in [2.24, 2.45) is 0 Å². The Bertz CT molecular complexity index is 351. The molecule has 0 saturated heterocycles. The number of carbonyl (C=O) groups is 1. The molecule has 5 heteroatoms. The lowest BCUT2D eigenvalue weighted by molar-refractivity contribution is -0.532. The van der Waals surface area contributed by atoms with Crippen LogP contribution >= 0.6 is 0 Å². The Morgan fingerprint density at radius 2 is 2.38 bits per heavy atom. The quantitative estimate of drug-likeness (QED) is 0.296. The zero-order chi connectivity index (χ0) is 9.84. The van der Waals surface area contributed by atoms with Crippen LogP contribution in [0.15, 0.2) is 12.3 Å². The van der Waals surface area contributed by atoms with Crippen LogP contribution in [-0.4, -0.2) is 12.6 Å². The molecule has 0 aromatic carbocycles. The smallest absolute Gasteiger partial charge is 0.223 e. The van der Waals surface area contributed by atoms with Gasteiger partial charge in [-0.3, -0.25) is 0 Å². The molecule has 4 nitrogen and oxygen atoms in total. The Labute approximate surface area is 74.3 Å². The largest absolute Gasteiger partial charge is 0.318 e. The molecule has 68 valence electrons. The van der Waals surface area contributed by atoms with Gasteiger partial charge in [-0.15, -0.1) is 0 Å². The zero-order valence-electron chi connectivity index (χ0n) is 6.83. The lowest BCUT2D eigenvalue weighted by Crippen LogP contribution is -2.37. The molecule has 0 aliphatic rings. The highest BCUT2D eigenvalue weighted by molar-refractivity contribution is 5.56. The van der Waals surface area contributed by atoms with Gasteiger partial charge in [0.1, 0.15) is 12.5 Å². The Morgan fingerprint density at radius 3 is 2.92 bits per heavy atom. The van der Waals surface area contributed by atoms with Crippen LogP contribution in [0.2, 0.25) is 0 Å². The number of hydrogen-bond donors (Lipinski definition) is 2. The third-order valence-electron chi connectivity index (χ3n) is 1.62. The fraction of sp³-hybridized carbons (Fsp3) is 0.125. The monoisotopic (exact) mass is 182 g/mol. The second kappa shape index (κ2) is 3.75. The molecule has 0 fully saturated rings. The Kier molecular flexibility index (Phi) is 2.69. The van der Waals surface area contributed by atoms with Crippen molar-refractivity contribution in [3.05, 3.63) is 23.6 Å². The lowest BCUT2D eigenvalue weighted by Gasteiger charge is -2.01. The predicted octanol–water partition coefficient (Wildman–Crippen LogP) is -0.108. The highest BCUT2D eigenvalue weighted by atomic mass is 19.1. The summed E-state index contributed by atoms with van der Waals surface area (Å²) in [6, 6.07) is 1.34. The number of nitrogens with two attached hydrogens (primary N) is 1. The third kappa shape index (κ3) is 1.87. The summed E-state index contributed by atoms with van der Waals surface area (Å²) in [5.41, 5.74) is 5.70. The maximum atomic E-state index is 13.1. The second-order valence-electron chi connectivity index (χ2n) is 2.48. The molecule has 0 radical (unpaired) electrons. The van der Waals surface area contributed by atoms with E-state index in [9.17, 15) is 9.18 Å². The van der Waals surface area contributed by atoms with Gasteiger partial charge in [0.15, 0.2) is 5.82 Å². The maximum absolute atomic E-state index is 13.1. The molecule has 0 bridgehead atoms. The van der Waals surface area contributed by atoms with Gasteiger partial charge in [-0.05, 0) is 0 Å². The molecule has 3 N–H and O–H groups in total. The van der Waals surface area contributed by atoms with Gasteiger partial charge >= 0.3 is 0 Å². The minimum atomic E-state index is -0.537. The van der Waals surface area contributed by atoms with Crippen LogP contribution in [0.5, 0.6) is 0 Å². The molecule has 0 aliphatic carbocycles. The molecule has 0 spiro atoms. The summed E-state index contributed by atoms with van der Waals surface area (Å²) in [6.07, 6.45) is 2.56. The molecule has 1 aromatic heterocycles. The van der Waals surface area contributed by atoms with Crippen molar-refractivity contribution in [2.45, 2.75) is 6.42 Å². The first-order valence-corrected chi connectivity index (χ1v) is 3.62. The first kappa shape index (κ1) is 9.31. The zero-order valence-corrected chi connectivity index (χ0v) is 6.83. The summed E-state index contributed by atoms with van der Waals surface area (Å²) in [7, 11) is 0. The van der Waals surface area contributed by atoms with Crippen LogP contribution in [0.3, 0.4) is 0 Å². The molecule has 0 unspecified atom stereocenters. The van der Waals surface area contributed by atoms with E-state index in [2.05, 4.69) is 0 Å². The third-order valence-corrected chi connectivity index (χ3v) is 1.62. The number of aldehydes is 1. The van der Waals surface area contributed by atoms with Crippen molar-refractivity contribution in [3.8, 4) is 0 Å².